The molecule has 0 aliphatic heterocycles. The van der Waals surface area contributed by atoms with Gasteiger partial charge in [0.1, 0.15) is 0 Å². The van der Waals surface area contributed by atoms with Crippen molar-refractivity contribution in [2.24, 2.45) is 0 Å². The van der Waals surface area contributed by atoms with Crippen LogP contribution in [0.25, 0.3) is 0 Å². The Morgan fingerprint density at radius 3 is 2.82 bits per heavy atom. The van der Waals surface area contributed by atoms with Crippen LogP contribution in [0.15, 0.2) is 6.20 Å². The van der Waals surface area contributed by atoms with Crippen LogP contribution in [-0.4, -0.2) is 40.3 Å². The molecule has 6 heteroatoms. The van der Waals surface area contributed by atoms with Gasteiger partial charge in [-0.25, -0.2) is 14.8 Å². The van der Waals surface area contributed by atoms with Gasteiger partial charge in [0.25, 0.3) is 0 Å². The highest BCUT2D eigenvalue weighted by molar-refractivity contribution is 5.88. The van der Waals surface area contributed by atoms with Crippen molar-refractivity contribution < 1.29 is 14.6 Å². The monoisotopic (exact) mass is 237 g/mol. The van der Waals surface area contributed by atoms with Gasteiger partial charge in [-0.15, -0.1) is 0 Å². The van der Waals surface area contributed by atoms with E-state index in [9.17, 15) is 4.79 Å². The van der Waals surface area contributed by atoms with Gasteiger partial charge < -0.3 is 15.2 Å². The molecule has 0 atom stereocenters. The van der Waals surface area contributed by atoms with E-state index in [0.29, 0.717) is 23.8 Å². The second kappa shape index (κ2) is 4.67. The number of hydrogen-bond donors (Lipinski definition) is 2. The van der Waals surface area contributed by atoms with Gasteiger partial charge in [0, 0.05) is 19.3 Å². The first-order valence-corrected chi connectivity index (χ1v) is 5.46. The van der Waals surface area contributed by atoms with Crippen LogP contribution in [-0.2, 0) is 4.74 Å². The molecule has 1 aliphatic rings. The van der Waals surface area contributed by atoms with E-state index in [2.05, 4.69) is 15.3 Å². The zero-order valence-electron chi connectivity index (χ0n) is 9.80. The number of aromatic nitrogens is 2. The van der Waals surface area contributed by atoms with Crippen LogP contribution in [0.2, 0.25) is 0 Å². The number of anilines is 1. The number of aromatic carboxylic acids is 1. The third-order valence-corrected chi connectivity index (χ3v) is 2.97. The molecule has 0 radical (unpaired) electrons. The van der Waals surface area contributed by atoms with Crippen LogP contribution in [0.1, 0.15) is 28.9 Å². The van der Waals surface area contributed by atoms with Crippen LogP contribution < -0.4 is 5.32 Å². The highest BCUT2D eigenvalue weighted by Crippen LogP contribution is 2.25. The summed E-state index contributed by atoms with van der Waals surface area (Å²) < 4.78 is 5.17. The summed E-state index contributed by atoms with van der Waals surface area (Å²) in [5.41, 5.74) is 0.608. The Morgan fingerprint density at radius 2 is 2.29 bits per heavy atom. The molecule has 92 valence electrons. The minimum absolute atomic E-state index is 0.138. The van der Waals surface area contributed by atoms with Gasteiger partial charge in [-0.2, -0.15) is 0 Å². The summed E-state index contributed by atoms with van der Waals surface area (Å²) in [6.07, 6.45) is 3.51. The van der Waals surface area contributed by atoms with Crippen LogP contribution in [0.3, 0.4) is 0 Å². The molecule has 2 N–H and O–H groups in total. The van der Waals surface area contributed by atoms with Crippen molar-refractivity contribution in [1.82, 2.24) is 9.97 Å². The number of carbonyl (C=O) groups is 1. The Balaban J connectivity index is 1.99. The average molecular weight is 237 g/mol. The summed E-state index contributed by atoms with van der Waals surface area (Å²) in [7, 11) is 1.70. The summed E-state index contributed by atoms with van der Waals surface area (Å²) in [5.74, 6) is -0.524. The molecule has 0 bridgehead atoms. The Hall–Kier alpha value is -1.69. The Kier molecular flexibility index (Phi) is 3.23. The van der Waals surface area contributed by atoms with Crippen LogP contribution in [0.5, 0.6) is 0 Å². The molecule has 0 unspecified atom stereocenters. The normalized spacial score (nSPS) is 22.9. The van der Waals surface area contributed by atoms with Crippen molar-refractivity contribution in [2.75, 3.05) is 12.4 Å². The number of nitrogens with zero attached hydrogens (tertiary/aromatic N) is 2. The van der Waals surface area contributed by atoms with Gasteiger partial charge >= 0.3 is 5.97 Å². The lowest BCUT2D eigenvalue weighted by molar-refractivity contribution is 0.0327. The predicted octanol–water partition coefficient (Wildman–Crippen LogP) is 1.07. The number of hydrogen-bond acceptors (Lipinski definition) is 5. The third-order valence-electron chi connectivity index (χ3n) is 2.97. The van der Waals surface area contributed by atoms with Crippen molar-refractivity contribution in [3.63, 3.8) is 0 Å². The first-order chi connectivity index (χ1) is 8.10. The Labute approximate surface area is 99.0 Å². The molecule has 1 aromatic heterocycles. The van der Waals surface area contributed by atoms with Crippen molar-refractivity contribution in [3.8, 4) is 0 Å². The lowest BCUT2D eigenvalue weighted by Crippen LogP contribution is -2.40. The fourth-order valence-electron chi connectivity index (χ4n) is 1.81. The molecule has 0 saturated heterocycles. The number of ether oxygens (including phenoxy) is 1. The molecule has 17 heavy (non-hydrogen) atoms. The number of methoxy groups -OCH3 is 1. The van der Waals surface area contributed by atoms with E-state index < -0.39 is 5.97 Å². The highest BCUT2D eigenvalue weighted by Gasteiger charge is 2.29. The van der Waals surface area contributed by atoms with Crippen molar-refractivity contribution in [1.29, 1.82) is 0 Å². The SMILES string of the molecule is COC1CC(Nc2ncc(C(=O)O)c(C)n2)C1. The van der Waals surface area contributed by atoms with Gasteiger partial charge in [-0.3, -0.25) is 0 Å². The molecule has 0 aromatic carbocycles. The van der Waals surface area contributed by atoms with E-state index in [1.807, 2.05) is 0 Å². The zero-order valence-corrected chi connectivity index (χ0v) is 9.80. The molecular formula is C11H15N3O3. The van der Waals surface area contributed by atoms with E-state index in [1.165, 1.54) is 6.20 Å². The molecule has 0 amide bonds. The largest absolute Gasteiger partial charge is 0.478 e. The molecule has 6 nitrogen and oxygen atoms in total. The van der Waals surface area contributed by atoms with E-state index in [0.717, 1.165) is 12.8 Å². The summed E-state index contributed by atoms with van der Waals surface area (Å²) in [4.78, 5) is 18.9. The molecule has 2 rings (SSSR count). The lowest BCUT2D eigenvalue weighted by atomic mass is 9.89. The minimum Gasteiger partial charge on any atom is -0.478 e. The van der Waals surface area contributed by atoms with Gasteiger partial charge in [-0.1, -0.05) is 0 Å². The standard InChI is InChI=1S/C11H15N3O3/c1-6-9(10(15)16)5-12-11(13-6)14-7-3-8(4-7)17-2/h5,7-8H,3-4H2,1-2H3,(H,15,16)(H,12,13,14). The van der Waals surface area contributed by atoms with Gasteiger partial charge in [0.05, 0.1) is 17.4 Å². The maximum atomic E-state index is 10.8. The molecule has 0 spiro atoms. The molecule has 1 aliphatic carbocycles. The molecule has 1 saturated carbocycles. The number of carboxylic acids is 1. The average Bonchev–Trinajstić information content (AvgIpc) is 2.22. The van der Waals surface area contributed by atoms with Gasteiger partial charge in [0.2, 0.25) is 5.95 Å². The third kappa shape index (κ3) is 2.52. The topological polar surface area (TPSA) is 84.3 Å². The van der Waals surface area contributed by atoms with Crippen LogP contribution in [0, 0.1) is 6.92 Å². The lowest BCUT2D eigenvalue weighted by Gasteiger charge is -2.34. The number of carboxylic acid groups (broad SMARTS) is 1. The summed E-state index contributed by atoms with van der Waals surface area (Å²) in [5, 5.41) is 12.0. The summed E-state index contributed by atoms with van der Waals surface area (Å²) in [6.45, 7) is 1.66. The van der Waals surface area contributed by atoms with Gasteiger partial charge in [0.15, 0.2) is 0 Å². The smallest absolute Gasteiger partial charge is 0.339 e. The molecule has 1 heterocycles. The summed E-state index contributed by atoms with van der Waals surface area (Å²) in [6, 6.07) is 0.315. The van der Waals surface area contributed by atoms with E-state index >= 15 is 0 Å². The van der Waals surface area contributed by atoms with E-state index in [-0.39, 0.29) is 5.56 Å². The first kappa shape index (κ1) is 11.8. The summed E-state index contributed by atoms with van der Waals surface area (Å²) >= 11 is 0. The fourth-order valence-corrected chi connectivity index (χ4v) is 1.81. The van der Waals surface area contributed by atoms with Crippen molar-refractivity contribution in [3.05, 3.63) is 17.5 Å². The van der Waals surface area contributed by atoms with Crippen molar-refractivity contribution >= 4 is 11.9 Å². The Bertz CT molecular complexity index is 430. The minimum atomic E-state index is -1.00. The molecule has 1 fully saturated rings. The maximum absolute atomic E-state index is 10.8. The maximum Gasteiger partial charge on any atom is 0.339 e. The number of aryl methyl sites for hydroxylation is 1. The quantitative estimate of drug-likeness (QED) is 0.815. The fraction of sp³-hybridized carbons (Fsp3) is 0.545. The van der Waals surface area contributed by atoms with Crippen molar-refractivity contribution in [2.45, 2.75) is 31.9 Å². The van der Waals surface area contributed by atoms with Gasteiger partial charge in [-0.05, 0) is 19.8 Å². The Morgan fingerprint density at radius 1 is 1.59 bits per heavy atom. The van der Waals surface area contributed by atoms with Crippen LogP contribution in [0.4, 0.5) is 5.95 Å². The highest BCUT2D eigenvalue weighted by atomic mass is 16.5. The first-order valence-electron chi connectivity index (χ1n) is 5.46. The second-order valence-corrected chi connectivity index (χ2v) is 4.17. The second-order valence-electron chi connectivity index (χ2n) is 4.17. The van der Waals surface area contributed by atoms with E-state index in [4.69, 9.17) is 9.84 Å². The zero-order chi connectivity index (χ0) is 12.4. The predicted molar refractivity (Wildman–Crippen MR) is 61.2 cm³/mol. The number of nitrogens with one attached hydrogen (secondary N) is 1. The number of rotatable bonds is 4. The molecule has 1 aromatic rings. The van der Waals surface area contributed by atoms with Crippen LogP contribution >= 0.6 is 0 Å². The van der Waals surface area contributed by atoms with E-state index in [1.54, 1.807) is 14.0 Å². The molecular weight excluding hydrogens is 222 g/mol.